The zero-order valence-electron chi connectivity index (χ0n) is 15.2. The molecule has 1 N–H and O–H groups in total. The van der Waals surface area contributed by atoms with E-state index in [0.29, 0.717) is 16.6 Å². The fraction of sp³-hybridized carbons (Fsp3) is 0.150. The number of para-hydroxylation sites is 1. The lowest BCUT2D eigenvalue weighted by Crippen LogP contribution is -2.16. The molecule has 3 heterocycles. The molecule has 0 aliphatic carbocycles. The highest BCUT2D eigenvalue weighted by molar-refractivity contribution is 6.03. The first kappa shape index (κ1) is 18.7. The molecule has 148 valence electrons. The van der Waals surface area contributed by atoms with Crippen LogP contribution in [0.1, 0.15) is 28.7 Å². The van der Waals surface area contributed by atoms with Crippen LogP contribution in [0.3, 0.4) is 0 Å². The second-order valence-corrected chi connectivity index (χ2v) is 6.27. The Morgan fingerprint density at radius 1 is 1.17 bits per heavy atom. The molecule has 1 amide bonds. The number of amides is 1. The van der Waals surface area contributed by atoms with Crippen molar-refractivity contribution >= 4 is 17.2 Å². The quantitative estimate of drug-likeness (QED) is 0.533. The van der Waals surface area contributed by atoms with Crippen molar-refractivity contribution in [3.8, 4) is 11.5 Å². The van der Waals surface area contributed by atoms with Gasteiger partial charge in [0.25, 0.3) is 5.91 Å². The number of aromatic nitrogens is 3. The maximum atomic E-state index is 13.6. The highest BCUT2D eigenvalue weighted by Gasteiger charge is 2.36. The molecule has 0 spiro atoms. The summed E-state index contributed by atoms with van der Waals surface area (Å²) in [6.07, 6.45) is -2.67. The van der Waals surface area contributed by atoms with Crippen LogP contribution in [-0.4, -0.2) is 20.5 Å². The van der Waals surface area contributed by atoms with E-state index in [9.17, 15) is 18.0 Å². The van der Waals surface area contributed by atoms with Crippen LogP contribution in [0.25, 0.3) is 17.1 Å². The third kappa shape index (κ3) is 3.58. The summed E-state index contributed by atoms with van der Waals surface area (Å²) in [5.41, 5.74) is 0.140. The van der Waals surface area contributed by atoms with Crippen molar-refractivity contribution in [3.05, 3.63) is 71.7 Å². The molecule has 0 aliphatic heterocycles. The zero-order valence-corrected chi connectivity index (χ0v) is 15.2. The average molecular weight is 400 g/mol. The predicted octanol–water partition coefficient (Wildman–Crippen LogP) is 4.82. The Bertz CT molecular complexity index is 1180. The van der Waals surface area contributed by atoms with E-state index in [4.69, 9.17) is 4.42 Å². The summed E-state index contributed by atoms with van der Waals surface area (Å²) < 4.78 is 46.5. The lowest BCUT2D eigenvalue weighted by atomic mass is 10.1. The van der Waals surface area contributed by atoms with E-state index in [-0.39, 0.29) is 22.8 Å². The van der Waals surface area contributed by atoms with Gasteiger partial charge in [-0.05, 0) is 36.2 Å². The standard InChI is InChI=1S/C20H15F3N4O2/c1-2-12-6-3-4-7-13(12)25-19(28)15-11-18-24-14(16-8-5-9-29-16)10-17(20(21,22)23)27(18)26-15/h3-11H,2H2,1H3,(H,25,28). The van der Waals surface area contributed by atoms with Gasteiger partial charge in [0.15, 0.2) is 22.8 Å². The van der Waals surface area contributed by atoms with Crippen molar-refractivity contribution in [1.82, 2.24) is 14.6 Å². The van der Waals surface area contributed by atoms with E-state index in [2.05, 4.69) is 15.4 Å². The first-order chi connectivity index (χ1) is 13.9. The van der Waals surface area contributed by atoms with Crippen LogP contribution in [0.15, 0.2) is 59.2 Å². The second kappa shape index (κ2) is 7.08. The van der Waals surface area contributed by atoms with Crippen LogP contribution in [0.4, 0.5) is 18.9 Å². The summed E-state index contributed by atoms with van der Waals surface area (Å²) in [5, 5.41) is 6.54. The number of nitrogens with zero attached hydrogens (tertiary/aromatic N) is 3. The molecule has 0 saturated heterocycles. The molecule has 0 radical (unpaired) electrons. The highest BCUT2D eigenvalue weighted by Crippen LogP contribution is 2.32. The van der Waals surface area contributed by atoms with Crippen molar-refractivity contribution in [2.24, 2.45) is 0 Å². The van der Waals surface area contributed by atoms with E-state index in [0.717, 1.165) is 11.6 Å². The van der Waals surface area contributed by atoms with Gasteiger partial charge in [0.2, 0.25) is 0 Å². The molecule has 0 atom stereocenters. The Hall–Kier alpha value is -3.62. The molecule has 4 aromatic rings. The van der Waals surface area contributed by atoms with Gasteiger partial charge >= 0.3 is 6.18 Å². The third-order valence-electron chi connectivity index (χ3n) is 4.37. The van der Waals surface area contributed by atoms with Gasteiger partial charge < -0.3 is 9.73 Å². The Labute approximate surface area is 163 Å². The third-order valence-corrected chi connectivity index (χ3v) is 4.37. The topological polar surface area (TPSA) is 72.4 Å². The maximum absolute atomic E-state index is 13.6. The number of furan rings is 1. The van der Waals surface area contributed by atoms with Gasteiger partial charge in [-0.15, -0.1) is 0 Å². The number of aryl methyl sites for hydroxylation is 1. The second-order valence-electron chi connectivity index (χ2n) is 6.27. The molecular weight excluding hydrogens is 385 g/mol. The van der Waals surface area contributed by atoms with Gasteiger partial charge in [0.1, 0.15) is 5.69 Å². The number of fused-ring (bicyclic) bond motifs is 1. The van der Waals surface area contributed by atoms with Crippen molar-refractivity contribution in [2.75, 3.05) is 5.32 Å². The Morgan fingerprint density at radius 3 is 2.66 bits per heavy atom. The van der Waals surface area contributed by atoms with E-state index in [1.165, 1.54) is 18.4 Å². The number of anilines is 1. The predicted molar refractivity (Wildman–Crippen MR) is 99.5 cm³/mol. The summed E-state index contributed by atoms with van der Waals surface area (Å²) >= 11 is 0. The fourth-order valence-electron chi connectivity index (χ4n) is 2.97. The molecule has 4 rings (SSSR count). The maximum Gasteiger partial charge on any atom is 0.433 e. The summed E-state index contributed by atoms with van der Waals surface area (Å²) in [6.45, 7) is 1.94. The molecule has 0 bridgehead atoms. The number of carbonyl (C=O) groups excluding carboxylic acids is 1. The van der Waals surface area contributed by atoms with Crippen molar-refractivity contribution in [3.63, 3.8) is 0 Å². The molecule has 1 aromatic carbocycles. The van der Waals surface area contributed by atoms with Crippen LogP contribution < -0.4 is 5.32 Å². The van der Waals surface area contributed by atoms with Gasteiger partial charge in [-0.2, -0.15) is 18.3 Å². The largest absolute Gasteiger partial charge is 0.463 e. The molecule has 0 fully saturated rings. The van der Waals surface area contributed by atoms with E-state index in [1.54, 1.807) is 18.2 Å². The summed E-state index contributed by atoms with van der Waals surface area (Å²) in [6, 6.07) is 12.3. The molecule has 3 aromatic heterocycles. The van der Waals surface area contributed by atoms with E-state index < -0.39 is 17.8 Å². The van der Waals surface area contributed by atoms with Crippen LogP contribution in [0.5, 0.6) is 0 Å². The van der Waals surface area contributed by atoms with Crippen molar-refractivity contribution < 1.29 is 22.4 Å². The molecule has 0 aliphatic rings. The van der Waals surface area contributed by atoms with Crippen LogP contribution in [0.2, 0.25) is 0 Å². The van der Waals surface area contributed by atoms with Gasteiger partial charge in [-0.1, -0.05) is 25.1 Å². The summed E-state index contributed by atoms with van der Waals surface area (Å²) in [4.78, 5) is 16.8. The van der Waals surface area contributed by atoms with Crippen molar-refractivity contribution in [2.45, 2.75) is 19.5 Å². The number of hydrogen-bond donors (Lipinski definition) is 1. The Kier molecular flexibility index (Phi) is 4.57. The number of halogens is 3. The Balaban J connectivity index is 1.78. The smallest absolute Gasteiger partial charge is 0.433 e. The molecule has 6 nitrogen and oxygen atoms in total. The zero-order chi connectivity index (χ0) is 20.6. The monoisotopic (exact) mass is 400 g/mol. The lowest BCUT2D eigenvalue weighted by molar-refractivity contribution is -0.142. The number of rotatable bonds is 4. The average Bonchev–Trinajstić information content (AvgIpc) is 3.36. The molecule has 0 saturated carbocycles. The van der Waals surface area contributed by atoms with Crippen molar-refractivity contribution in [1.29, 1.82) is 0 Å². The van der Waals surface area contributed by atoms with Gasteiger partial charge in [-0.25, -0.2) is 9.50 Å². The molecule has 29 heavy (non-hydrogen) atoms. The number of carbonyl (C=O) groups is 1. The Morgan fingerprint density at radius 2 is 1.97 bits per heavy atom. The first-order valence-electron chi connectivity index (χ1n) is 8.78. The summed E-state index contributed by atoms with van der Waals surface area (Å²) in [5.74, 6) is -0.439. The highest BCUT2D eigenvalue weighted by atomic mass is 19.4. The van der Waals surface area contributed by atoms with Gasteiger partial charge in [0.05, 0.1) is 6.26 Å². The van der Waals surface area contributed by atoms with Crippen LogP contribution in [0, 0.1) is 0 Å². The van der Waals surface area contributed by atoms with E-state index in [1.807, 2.05) is 19.1 Å². The minimum atomic E-state index is -4.70. The first-order valence-corrected chi connectivity index (χ1v) is 8.78. The molecular formula is C20H15F3N4O2. The number of hydrogen-bond acceptors (Lipinski definition) is 4. The normalized spacial score (nSPS) is 11.7. The SMILES string of the molecule is CCc1ccccc1NC(=O)c1cc2nc(-c3ccco3)cc(C(F)(F)F)n2n1. The lowest BCUT2D eigenvalue weighted by Gasteiger charge is -2.10. The number of benzene rings is 1. The van der Waals surface area contributed by atoms with Crippen LogP contribution >= 0.6 is 0 Å². The minimum Gasteiger partial charge on any atom is -0.463 e. The van der Waals surface area contributed by atoms with Gasteiger partial charge in [-0.3, -0.25) is 4.79 Å². The minimum absolute atomic E-state index is 0.00184. The van der Waals surface area contributed by atoms with Crippen LogP contribution in [-0.2, 0) is 12.6 Å². The summed E-state index contributed by atoms with van der Waals surface area (Å²) in [7, 11) is 0. The van der Waals surface area contributed by atoms with E-state index >= 15 is 0 Å². The van der Waals surface area contributed by atoms with Gasteiger partial charge in [0, 0.05) is 11.8 Å². The number of alkyl halides is 3. The molecule has 0 unspecified atom stereocenters. The number of nitrogens with one attached hydrogen (secondary N) is 1. The fourth-order valence-corrected chi connectivity index (χ4v) is 2.97. The molecule has 9 heteroatoms.